The van der Waals surface area contributed by atoms with Crippen molar-refractivity contribution >= 4 is 11.5 Å². The Morgan fingerprint density at radius 1 is 1.45 bits per heavy atom. The molecular weight excluding hydrogens is 286 g/mol. The summed E-state index contributed by atoms with van der Waals surface area (Å²) in [5, 5.41) is 20.5. The summed E-state index contributed by atoms with van der Waals surface area (Å²) in [5.41, 5.74) is 4.61. The van der Waals surface area contributed by atoms with Gasteiger partial charge in [0.05, 0.1) is 19.8 Å². The maximum absolute atomic E-state index is 11.5. The summed E-state index contributed by atoms with van der Waals surface area (Å²) in [6.45, 7) is 5.98. The predicted molar refractivity (Wildman–Crippen MR) is 82.7 cm³/mol. The number of amides is 1. The summed E-state index contributed by atoms with van der Waals surface area (Å²) in [4.78, 5) is 15.4. The summed E-state index contributed by atoms with van der Waals surface area (Å²) < 4.78 is 5.17. The number of allylic oxidation sites excluding steroid dienone is 1. The molecule has 0 aromatic carbocycles. The van der Waals surface area contributed by atoms with Crippen molar-refractivity contribution in [2.45, 2.75) is 13.8 Å². The van der Waals surface area contributed by atoms with Crippen molar-refractivity contribution in [3.63, 3.8) is 0 Å². The van der Waals surface area contributed by atoms with Crippen molar-refractivity contribution < 1.29 is 19.8 Å². The van der Waals surface area contributed by atoms with Gasteiger partial charge in [-0.2, -0.15) is 0 Å². The van der Waals surface area contributed by atoms with Crippen LogP contribution in [0.1, 0.15) is 28.5 Å². The second kappa shape index (κ2) is 10.0. The predicted octanol–water partition coefficient (Wildman–Crippen LogP) is 0.511. The Bertz CT molecular complexity index is 518. The van der Waals surface area contributed by atoms with E-state index in [9.17, 15) is 4.79 Å². The SMILES string of the molecule is C/C=C(/CNCCOCCO)c1cc(C(=O)NO)ncc1C. The van der Waals surface area contributed by atoms with Gasteiger partial charge in [-0.3, -0.25) is 15.0 Å². The minimum atomic E-state index is -0.637. The molecule has 0 saturated carbocycles. The zero-order valence-electron chi connectivity index (χ0n) is 12.9. The molecule has 7 nitrogen and oxygen atoms in total. The summed E-state index contributed by atoms with van der Waals surface area (Å²) in [6.07, 6.45) is 3.57. The third kappa shape index (κ3) is 5.53. The van der Waals surface area contributed by atoms with Gasteiger partial charge in [-0.1, -0.05) is 6.08 Å². The van der Waals surface area contributed by atoms with Gasteiger partial charge in [0.15, 0.2) is 0 Å². The number of aliphatic hydroxyl groups is 1. The van der Waals surface area contributed by atoms with E-state index in [-0.39, 0.29) is 12.3 Å². The van der Waals surface area contributed by atoms with Crippen LogP contribution in [0.2, 0.25) is 0 Å². The molecule has 7 heteroatoms. The highest BCUT2D eigenvalue weighted by molar-refractivity contribution is 5.92. The van der Waals surface area contributed by atoms with Crippen LogP contribution in [0.4, 0.5) is 0 Å². The molecule has 0 bridgehead atoms. The molecule has 0 radical (unpaired) electrons. The fourth-order valence-corrected chi connectivity index (χ4v) is 1.94. The molecular formula is C15H23N3O4. The highest BCUT2D eigenvalue weighted by Gasteiger charge is 2.11. The number of aromatic nitrogens is 1. The van der Waals surface area contributed by atoms with Gasteiger partial charge in [-0.15, -0.1) is 0 Å². The fourth-order valence-electron chi connectivity index (χ4n) is 1.94. The van der Waals surface area contributed by atoms with Crippen LogP contribution in [-0.4, -0.2) is 54.1 Å². The number of rotatable bonds is 9. The van der Waals surface area contributed by atoms with Gasteiger partial charge < -0.3 is 15.2 Å². The lowest BCUT2D eigenvalue weighted by atomic mass is 10.0. The number of nitrogens with one attached hydrogen (secondary N) is 2. The Balaban J connectivity index is 2.68. The normalized spacial score (nSPS) is 11.5. The van der Waals surface area contributed by atoms with Crippen LogP contribution in [0.5, 0.6) is 0 Å². The van der Waals surface area contributed by atoms with Gasteiger partial charge in [-0.25, -0.2) is 5.48 Å². The van der Waals surface area contributed by atoms with E-state index in [1.54, 1.807) is 17.7 Å². The van der Waals surface area contributed by atoms with Gasteiger partial charge >= 0.3 is 0 Å². The van der Waals surface area contributed by atoms with Crippen LogP contribution < -0.4 is 10.8 Å². The molecule has 1 heterocycles. The average molecular weight is 309 g/mol. The molecule has 122 valence electrons. The number of ether oxygens (including phenoxy) is 1. The third-order valence-electron chi connectivity index (χ3n) is 3.11. The highest BCUT2D eigenvalue weighted by atomic mass is 16.5. The van der Waals surface area contributed by atoms with Crippen LogP contribution in [0, 0.1) is 6.92 Å². The van der Waals surface area contributed by atoms with Crippen molar-refractivity contribution in [3.05, 3.63) is 35.2 Å². The number of aliphatic hydroxyl groups excluding tert-OH is 1. The lowest BCUT2D eigenvalue weighted by Crippen LogP contribution is -2.23. The number of hydroxylamine groups is 1. The van der Waals surface area contributed by atoms with E-state index in [1.807, 2.05) is 19.9 Å². The lowest BCUT2D eigenvalue weighted by Gasteiger charge is -2.13. The molecule has 0 aliphatic carbocycles. The van der Waals surface area contributed by atoms with Crippen LogP contribution >= 0.6 is 0 Å². The van der Waals surface area contributed by atoms with Crippen molar-refractivity contribution in [1.82, 2.24) is 15.8 Å². The minimum absolute atomic E-state index is 0.0199. The third-order valence-corrected chi connectivity index (χ3v) is 3.11. The number of hydrogen-bond donors (Lipinski definition) is 4. The van der Waals surface area contributed by atoms with Crippen molar-refractivity contribution in [2.75, 3.05) is 32.9 Å². The molecule has 0 aliphatic rings. The molecule has 0 saturated heterocycles. The fraction of sp³-hybridized carbons (Fsp3) is 0.467. The van der Waals surface area contributed by atoms with Crippen LogP contribution in [0.25, 0.3) is 5.57 Å². The molecule has 0 fully saturated rings. The molecule has 4 N–H and O–H groups in total. The van der Waals surface area contributed by atoms with Crippen molar-refractivity contribution in [2.24, 2.45) is 0 Å². The zero-order valence-corrected chi connectivity index (χ0v) is 12.9. The Morgan fingerprint density at radius 3 is 2.86 bits per heavy atom. The second-order valence-corrected chi connectivity index (χ2v) is 4.65. The monoisotopic (exact) mass is 309 g/mol. The number of carbonyl (C=O) groups is 1. The van der Waals surface area contributed by atoms with E-state index in [0.717, 1.165) is 16.7 Å². The van der Waals surface area contributed by atoms with E-state index >= 15 is 0 Å². The summed E-state index contributed by atoms with van der Waals surface area (Å²) in [7, 11) is 0. The Labute approximate surface area is 130 Å². The Hall–Kier alpha value is -1.80. The average Bonchev–Trinajstić information content (AvgIpc) is 2.54. The van der Waals surface area contributed by atoms with E-state index in [4.69, 9.17) is 15.1 Å². The van der Waals surface area contributed by atoms with Crippen LogP contribution in [0.3, 0.4) is 0 Å². The second-order valence-electron chi connectivity index (χ2n) is 4.65. The first kappa shape index (κ1) is 18.2. The molecule has 0 aliphatic heterocycles. The van der Waals surface area contributed by atoms with E-state index in [2.05, 4.69) is 10.3 Å². The maximum atomic E-state index is 11.5. The van der Waals surface area contributed by atoms with Gasteiger partial charge in [0, 0.05) is 19.3 Å². The first-order valence-corrected chi connectivity index (χ1v) is 7.10. The Morgan fingerprint density at radius 2 is 2.23 bits per heavy atom. The van der Waals surface area contributed by atoms with Gasteiger partial charge in [0.2, 0.25) is 0 Å². The molecule has 1 aromatic rings. The first-order valence-electron chi connectivity index (χ1n) is 7.10. The highest BCUT2D eigenvalue weighted by Crippen LogP contribution is 2.18. The minimum Gasteiger partial charge on any atom is -0.394 e. The number of pyridine rings is 1. The van der Waals surface area contributed by atoms with Crippen molar-refractivity contribution in [3.8, 4) is 0 Å². The zero-order chi connectivity index (χ0) is 16.4. The maximum Gasteiger partial charge on any atom is 0.293 e. The van der Waals surface area contributed by atoms with Gasteiger partial charge in [-0.05, 0) is 36.6 Å². The summed E-state index contributed by atoms with van der Waals surface area (Å²) >= 11 is 0. The first-order chi connectivity index (χ1) is 10.6. The van der Waals surface area contributed by atoms with Gasteiger partial charge in [0.1, 0.15) is 5.69 Å². The molecule has 1 amide bonds. The molecule has 22 heavy (non-hydrogen) atoms. The standard InChI is InChI=1S/C15H23N3O4/c1-3-12(10-16-4-6-22-7-5-19)13-8-14(15(20)18-21)17-9-11(13)2/h3,8-9,16,19,21H,4-7,10H2,1-2H3,(H,18,20)/b12-3-. The van der Waals surface area contributed by atoms with Gasteiger partial charge in [0.25, 0.3) is 5.91 Å². The molecule has 0 atom stereocenters. The quantitative estimate of drug-likeness (QED) is 0.301. The lowest BCUT2D eigenvalue weighted by molar-refractivity contribution is 0.0700. The van der Waals surface area contributed by atoms with Crippen LogP contribution in [-0.2, 0) is 4.74 Å². The number of aryl methyl sites for hydroxylation is 1. The van der Waals surface area contributed by atoms with E-state index in [0.29, 0.717) is 26.3 Å². The number of hydrogen-bond acceptors (Lipinski definition) is 6. The van der Waals surface area contributed by atoms with Crippen molar-refractivity contribution in [1.29, 1.82) is 0 Å². The van der Waals surface area contributed by atoms with Crippen LogP contribution in [0.15, 0.2) is 18.3 Å². The largest absolute Gasteiger partial charge is 0.394 e. The molecule has 1 aromatic heterocycles. The Kier molecular flexibility index (Phi) is 8.31. The van der Waals surface area contributed by atoms with E-state index in [1.165, 1.54) is 0 Å². The molecule has 0 unspecified atom stereocenters. The molecule has 1 rings (SSSR count). The number of nitrogens with zero attached hydrogens (tertiary/aromatic N) is 1. The van der Waals surface area contributed by atoms with E-state index < -0.39 is 5.91 Å². The smallest absolute Gasteiger partial charge is 0.293 e. The molecule has 0 spiro atoms. The summed E-state index contributed by atoms with van der Waals surface area (Å²) in [5.74, 6) is -0.637. The topological polar surface area (TPSA) is 104 Å². The number of carbonyl (C=O) groups excluding carboxylic acids is 1. The summed E-state index contributed by atoms with van der Waals surface area (Å²) in [6, 6.07) is 1.65.